The number of hydrogen-bond donors (Lipinski definition) is 2. The Morgan fingerprint density at radius 1 is 1.32 bits per heavy atom. The summed E-state index contributed by atoms with van der Waals surface area (Å²) in [6.07, 6.45) is 4.16. The van der Waals surface area contributed by atoms with Crippen LogP contribution in [0.4, 0.5) is 0 Å². The molecule has 5 nitrogen and oxygen atoms in total. The zero-order valence-electron chi connectivity index (χ0n) is 13.0. The van der Waals surface area contributed by atoms with Gasteiger partial charge in [-0.1, -0.05) is 18.9 Å². The first-order valence-corrected chi connectivity index (χ1v) is 7.43. The number of nitrogens with one attached hydrogen (secondary N) is 1. The van der Waals surface area contributed by atoms with Gasteiger partial charge in [0.25, 0.3) is 5.91 Å². The van der Waals surface area contributed by atoms with Gasteiger partial charge in [-0.05, 0) is 31.0 Å². The minimum absolute atomic E-state index is 0. The first-order chi connectivity index (χ1) is 10.2. The largest absolute Gasteiger partial charge is 0.491 e. The number of carbonyl (C=O) groups is 1. The molecule has 1 aromatic rings. The van der Waals surface area contributed by atoms with Crippen molar-refractivity contribution in [1.29, 1.82) is 0 Å². The molecule has 6 heteroatoms. The summed E-state index contributed by atoms with van der Waals surface area (Å²) >= 11 is 0. The number of rotatable bonds is 7. The van der Waals surface area contributed by atoms with Crippen LogP contribution in [-0.4, -0.2) is 38.3 Å². The molecule has 1 aliphatic rings. The average molecular weight is 329 g/mol. The Morgan fingerprint density at radius 2 is 2.05 bits per heavy atom. The molecular weight excluding hydrogens is 304 g/mol. The second kappa shape index (κ2) is 8.98. The van der Waals surface area contributed by atoms with E-state index in [-0.39, 0.29) is 23.9 Å². The molecule has 0 radical (unpaired) electrons. The summed E-state index contributed by atoms with van der Waals surface area (Å²) in [4.78, 5) is 12.4. The number of methoxy groups -OCH3 is 1. The third-order valence-corrected chi connectivity index (χ3v) is 3.98. The lowest BCUT2D eigenvalue weighted by Gasteiger charge is -2.28. The summed E-state index contributed by atoms with van der Waals surface area (Å²) in [5.41, 5.74) is 6.22. The van der Waals surface area contributed by atoms with Gasteiger partial charge in [0.1, 0.15) is 12.4 Å². The van der Waals surface area contributed by atoms with Crippen LogP contribution < -0.4 is 15.8 Å². The molecule has 1 aliphatic carbocycles. The molecule has 0 spiro atoms. The van der Waals surface area contributed by atoms with Gasteiger partial charge < -0.3 is 20.5 Å². The van der Waals surface area contributed by atoms with Crippen molar-refractivity contribution in [2.45, 2.75) is 31.2 Å². The predicted molar refractivity (Wildman–Crippen MR) is 88.8 cm³/mol. The molecule has 1 aromatic carbocycles. The van der Waals surface area contributed by atoms with Crippen LogP contribution in [0.1, 0.15) is 36.0 Å². The van der Waals surface area contributed by atoms with Crippen LogP contribution in [0, 0.1) is 0 Å². The molecule has 124 valence electrons. The van der Waals surface area contributed by atoms with Crippen molar-refractivity contribution in [3.8, 4) is 5.75 Å². The first kappa shape index (κ1) is 18.7. The average Bonchev–Trinajstić information content (AvgIpc) is 2.97. The number of amides is 1. The van der Waals surface area contributed by atoms with Gasteiger partial charge in [0.15, 0.2) is 0 Å². The van der Waals surface area contributed by atoms with E-state index in [1.807, 2.05) is 12.1 Å². The fourth-order valence-electron chi connectivity index (χ4n) is 2.71. The molecule has 1 fully saturated rings. The molecule has 0 heterocycles. The van der Waals surface area contributed by atoms with Crippen molar-refractivity contribution in [1.82, 2.24) is 5.32 Å². The zero-order valence-corrected chi connectivity index (χ0v) is 13.8. The van der Waals surface area contributed by atoms with Crippen LogP contribution in [-0.2, 0) is 4.74 Å². The van der Waals surface area contributed by atoms with Crippen molar-refractivity contribution in [3.63, 3.8) is 0 Å². The summed E-state index contributed by atoms with van der Waals surface area (Å²) in [5.74, 6) is 0.590. The molecule has 0 atom stereocenters. The molecule has 1 saturated carbocycles. The summed E-state index contributed by atoms with van der Waals surface area (Å²) in [7, 11) is 1.63. The maximum Gasteiger partial charge on any atom is 0.251 e. The molecule has 2 rings (SSSR count). The van der Waals surface area contributed by atoms with Gasteiger partial charge in [0.05, 0.1) is 12.1 Å². The van der Waals surface area contributed by atoms with E-state index < -0.39 is 0 Å². The van der Waals surface area contributed by atoms with E-state index in [1.165, 1.54) is 0 Å². The van der Waals surface area contributed by atoms with Gasteiger partial charge in [-0.2, -0.15) is 0 Å². The number of hydrogen-bond acceptors (Lipinski definition) is 4. The van der Waals surface area contributed by atoms with Gasteiger partial charge in [-0.25, -0.2) is 0 Å². The predicted octanol–water partition coefficient (Wildman–Crippen LogP) is 2.13. The monoisotopic (exact) mass is 328 g/mol. The summed E-state index contributed by atoms with van der Waals surface area (Å²) in [6.45, 7) is 1.48. The molecule has 0 bridgehead atoms. The maximum atomic E-state index is 12.4. The highest BCUT2D eigenvalue weighted by molar-refractivity contribution is 5.95. The molecule has 0 aliphatic heterocycles. The Hall–Kier alpha value is -1.30. The fourth-order valence-corrected chi connectivity index (χ4v) is 2.71. The lowest BCUT2D eigenvalue weighted by Crippen LogP contribution is -2.51. The van der Waals surface area contributed by atoms with E-state index in [0.717, 1.165) is 25.7 Å². The van der Waals surface area contributed by atoms with E-state index in [9.17, 15) is 4.79 Å². The molecule has 3 N–H and O–H groups in total. The Bertz CT molecular complexity index is 476. The zero-order chi connectivity index (χ0) is 15.1. The molecular formula is C16H25ClN2O3. The number of ether oxygens (including phenoxy) is 2. The normalized spacial score (nSPS) is 15.9. The van der Waals surface area contributed by atoms with Crippen LogP contribution in [0.2, 0.25) is 0 Å². The molecule has 1 amide bonds. The van der Waals surface area contributed by atoms with Crippen molar-refractivity contribution in [2.24, 2.45) is 5.73 Å². The van der Waals surface area contributed by atoms with Gasteiger partial charge in [0.2, 0.25) is 0 Å². The van der Waals surface area contributed by atoms with Crippen LogP contribution >= 0.6 is 12.4 Å². The number of carbonyl (C=O) groups excluding carboxylic acids is 1. The molecule has 0 saturated heterocycles. The van der Waals surface area contributed by atoms with Gasteiger partial charge >= 0.3 is 0 Å². The van der Waals surface area contributed by atoms with Gasteiger partial charge in [-0.15, -0.1) is 12.4 Å². The maximum absolute atomic E-state index is 12.4. The summed E-state index contributed by atoms with van der Waals surface area (Å²) < 4.78 is 10.5. The van der Waals surface area contributed by atoms with Crippen LogP contribution in [0.15, 0.2) is 24.3 Å². The SMILES string of the molecule is COCCOc1cccc(C(=O)NC2(CN)CCCC2)c1.Cl. The molecule has 0 aromatic heterocycles. The number of halogens is 1. The van der Waals surface area contributed by atoms with E-state index in [0.29, 0.717) is 31.1 Å². The van der Waals surface area contributed by atoms with E-state index in [4.69, 9.17) is 15.2 Å². The first-order valence-electron chi connectivity index (χ1n) is 7.43. The van der Waals surface area contributed by atoms with E-state index in [1.54, 1.807) is 19.2 Å². The number of nitrogens with two attached hydrogens (primary N) is 1. The van der Waals surface area contributed by atoms with E-state index in [2.05, 4.69) is 5.32 Å². The quantitative estimate of drug-likeness (QED) is 0.752. The highest BCUT2D eigenvalue weighted by Gasteiger charge is 2.34. The minimum atomic E-state index is -0.232. The highest BCUT2D eigenvalue weighted by Crippen LogP contribution is 2.29. The third-order valence-electron chi connectivity index (χ3n) is 3.98. The van der Waals surface area contributed by atoms with Crippen molar-refractivity contribution >= 4 is 18.3 Å². The summed E-state index contributed by atoms with van der Waals surface area (Å²) in [6, 6.07) is 7.20. The van der Waals surface area contributed by atoms with Crippen LogP contribution in [0.3, 0.4) is 0 Å². The Labute approximate surface area is 138 Å². The smallest absolute Gasteiger partial charge is 0.251 e. The third kappa shape index (κ3) is 4.87. The molecule has 0 unspecified atom stereocenters. The van der Waals surface area contributed by atoms with Crippen molar-refractivity contribution in [2.75, 3.05) is 26.9 Å². The number of benzene rings is 1. The summed E-state index contributed by atoms with van der Waals surface area (Å²) in [5, 5.41) is 3.11. The highest BCUT2D eigenvalue weighted by atomic mass is 35.5. The Morgan fingerprint density at radius 3 is 2.68 bits per heavy atom. The minimum Gasteiger partial charge on any atom is -0.491 e. The van der Waals surface area contributed by atoms with E-state index >= 15 is 0 Å². The Kier molecular flexibility index (Phi) is 7.65. The van der Waals surface area contributed by atoms with Crippen LogP contribution in [0.25, 0.3) is 0 Å². The van der Waals surface area contributed by atoms with Crippen molar-refractivity contribution in [3.05, 3.63) is 29.8 Å². The standard InChI is InChI=1S/C16H24N2O3.ClH/c1-20-9-10-21-14-6-4-5-13(11-14)15(19)18-16(12-17)7-2-3-8-16;/h4-6,11H,2-3,7-10,12,17H2,1H3,(H,18,19);1H. The molecule has 22 heavy (non-hydrogen) atoms. The Balaban J connectivity index is 0.00000242. The second-order valence-electron chi connectivity index (χ2n) is 5.51. The topological polar surface area (TPSA) is 73.6 Å². The second-order valence-corrected chi connectivity index (χ2v) is 5.51. The van der Waals surface area contributed by atoms with Gasteiger partial charge in [0, 0.05) is 19.2 Å². The van der Waals surface area contributed by atoms with Crippen molar-refractivity contribution < 1.29 is 14.3 Å². The fraction of sp³-hybridized carbons (Fsp3) is 0.562. The lowest BCUT2D eigenvalue weighted by molar-refractivity contribution is 0.0902. The van der Waals surface area contributed by atoms with Crippen LogP contribution in [0.5, 0.6) is 5.75 Å². The lowest BCUT2D eigenvalue weighted by atomic mass is 9.97. The van der Waals surface area contributed by atoms with Gasteiger partial charge in [-0.3, -0.25) is 4.79 Å².